The predicted molar refractivity (Wildman–Crippen MR) is 120 cm³/mol. The minimum absolute atomic E-state index is 0.222. The summed E-state index contributed by atoms with van der Waals surface area (Å²) in [5, 5.41) is 20.5. The summed E-state index contributed by atoms with van der Waals surface area (Å²) in [6.07, 6.45) is 0.703. The van der Waals surface area contributed by atoms with E-state index in [1.165, 1.54) is 0 Å². The maximum absolute atomic E-state index is 13.7. The van der Waals surface area contributed by atoms with Crippen molar-refractivity contribution in [2.45, 2.75) is 37.5 Å². The Hall–Kier alpha value is -2.95. The first-order valence-electron chi connectivity index (χ1n) is 10.4. The molecule has 3 rings (SSSR count). The minimum atomic E-state index is -0.766. The van der Waals surface area contributed by atoms with E-state index < -0.39 is 29.8 Å². The van der Waals surface area contributed by atoms with Crippen molar-refractivity contribution in [1.29, 1.82) is 0 Å². The van der Waals surface area contributed by atoms with Crippen LogP contribution in [0, 0.1) is 11.6 Å². The summed E-state index contributed by atoms with van der Waals surface area (Å²) in [5.74, 6) is -1.45. The van der Waals surface area contributed by atoms with Gasteiger partial charge in [0.2, 0.25) is 0 Å². The SMILES string of the molecule is O=C(NCC[C@H]1CC[C@@H](NC(=O)Nc2cc(F)ccc2F)[C@@H](CO)O1)Nc1ccc(Cl)cc1. The zero-order chi connectivity index (χ0) is 23.8. The molecule has 5 N–H and O–H groups in total. The molecule has 0 aliphatic carbocycles. The third kappa shape index (κ3) is 7.55. The standard InChI is InChI=1S/C22H25ClF2N4O4/c23-13-1-4-15(5-2-13)27-21(31)26-10-9-16-6-8-18(20(12-30)33-16)28-22(32)29-19-11-14(24)3-7-17(19)25/h1-5,7,11,16,18,20,30H,6,8-10,12H2,(H2,26,27,31)(H2,28,29,32)/t16-,18-,20-/m1/s1. The Morgan fingerprint density at radius 1 is 1.06 bits per heavy atom. The minimum Gasteiger partial charge on any atom is -0.394 e. The van der Waals surface area contributed by atoms with Crippen molar-refractivity contribution >= 4 is 35.0 Å². The van der Waals surface area contributed by atoms with Crippen LogP contribution < -0.4 is 21.3 Å². The van der Waals surface area contributed by atoms with E-state index in [0.29, 0.717) is 36.5 Å². The lowest BCUT2D eigenvalue weighted by Crippen LogP contribution is -2.52. The molecule has 178 valence electrons. The number of halogens is 3. The summed E-state index contributed by atoms with van der Waals surface area (Å²) in [5.41, 5.74) is 0.321. The number of hydrogen-bond donors (Lipinski definition) is 5. The summed E-state index contributed by atoms with van der Waals surface area (Å²) in [7, 11) is 0. The van der Waals surface area contributed by atoms with Crippen molar-refractivity contribution in [3.63, 3.8) is 0 Å². The van der Waals surface area contributed by atoms with Crippen LogP contribution in [0.3, 0.4) is 0 Å². The molecule has 0 aromatic heterocycles. The van der Waals surface area contributed by atoms with Crippen LogP contribution >= 0.6 is 11.6 Å². The number of carbonyl (C=O) groups is 2. The van der Waals surface area contributed by atoms with Gasteiger partial charge >= 0.3 is 12.1 Å². The normalized spacial score (nSPS) is 20.1. The van der Waals surface area contributed by atoms with E-state index in [1.54, 1.807) is 24.3 Å². The molecule has 1 saturated heterocycles. The van der Waals surface area contributed by atoms with E-state index >= 15 is 0 Å². The number of aliphatic hydroxyl groups excluding tert-OH is 1. The molecule has 1 aliphatic rings. The summed E-state index contributed by atoms with van der Waals surface area (Å²) >= 11 is 5.81. The number of rotatable bonds is 7. The molecule has 1 aliphatic heterocycles. The van der Waals surface area contributed by atoms with Crippen LogP contribution in [-0.4, -0.2) is 48.6 Å². The molecule has 0 saturated carbocycles. The molecule has 1 fully saturated rings. The average molecular weight is 483 g/mol. The number of ether oxygens (including phenoxy) is 1. The van der Waals surface area contributed by atoms with Crippen LogP contribution in [0.1, 0.15) is 19.3 Å². The molecular formula is C22H25ClF2N4O4. The zero-order valence-corrected chi connectivity index (χ0v) is 18.4. The number of amides is 4. The Bertz CT molecular complexity index is 964. The second-order valence-corrected chi connectivity index (χ2v) is 8.00. The highest BCUT2D eigenvalue weighted by Crippen LogP contribution is 2.22. The molecular weight excluding hydrogens is 458 g/mol. The van der Waals surface area contributed by atoms with Crippen LogP contribution in [0.25, 0.3) is 0 Å². The Labute approximate surface area is 194 Å². The van der Waals surface area contributed by atoms with Gasteiger partial charge in [0.1, 0.15) is 17.7 Å². The summed E-state index contributed by atoms with van der Waals surface area (Å²) in [6.45, 7) is 0.0138. The highest BCUT2D eigenvalue weighted by atomic mass is 35.5. The number of aliphatic hydroxyl groups is 1. The van der Waals surface area contributed by atoms with Gasteiger partial charge in [0, 0.05) is 23.3 Å². The van der Waals surface area contributed by atoms with Gasteiger partial charge in [-0.2, -0.15) is 0 Å². The number of hydrogen-bond acceptors (Lipinski definition) is 4. The van der Waals surface area contributed by atoms with Gasteiger partial charge in [0.25, 0.3) is 0 Å². The van der Waals surface area contributed by atoms with Crippen molar-refractivity contribution in [2.24, 2.45) is 0 Å². The van der Waals surface area contributed by atoms with E-state index in [1.807, 2.05) is 0 Å². The molecule has 0 radical (unpaired) electrons. The average Bonchev–Trinajstić information content (AvgIpc) is 2.78. The fourth-order valence-electron chi connectivity index (χ4n) is 3.48. The lowest BCUT2D eigenvalue weighted by molar-refractivity contribution is -0.0885. The van der Waals surface area contributed by atoms with Crippen LogP contribution in [0.5, 0.6) is 0 Å². The Morgan fingerprint density at radius 3 is 2.55 bits per heavy atom. The molecule has 11 heteroatoms. The van der Waals surface area contributed by atoms with Gasteiger partial charge in [-0.25, -0.2) is 18.4 Å². The summed E-state index contributed by atoms with van der Waals surface area (Å²) < 4.78 is 32.8. The molecule has 1 heterocycles. The van der Waals surface area contributed by atoms with Gasteiger partial charge in [-0.1, -0.05) is 11.6 Å². The van der Waals surface area contributed by atoms with Crippen molar-refractivity contribution in [2.75, 3.05) is 23.8 Å². The molecule has 0 spiro atoms. The first-order chi connectivity index (χ1) is 15.8. The van der Waals surface area contributed by atoms with Crippen molar-refractivity contribution in [1.82, 2.24) is 10.6 Å². The van der Waals surface area contributed by atoms with Crippen molar-refractivity contribution in [3.8, 4) is 0 Å². The highest BCUT2D eigenvalue weighted by Gasteiger charge is 2.32. The number of benzene rings is 2. The zero-order valence-electron chi connectivity index (χ0n) is 17.6. The van der Waals surface area contributed by atoms with Gasteiger partial charge in [-0.15, -0.1) is 0 Å². The molecule has 0 bridgehead atoms. The third-order valence-corrected chi connectivity index (χ3v) is 5.39. The molecule has 8 nitrogen and oxygen atoms in total. The first kappa shape index (κ1) is 24.7. The van der Waals surface area contributed by atoms with Gasteiger partial charge in [0.05, 0.1) is 24.4 Å². The molecule has 2 aromatic rings. The Kier molecular flexibility index (Phi) is 8.81. The topological polar surface area (TPSA) is 112 Å². The van der Waals surface area contributed by atoms with E-state index in [0.717, 1.165) is 18.2 Å². The van der Waals surface area contributed by atoms with Crippen molar-refractivity contribution < 1.29 is 28.2 Å². The number of carbonyl (C=O) groups excluding carboxylic acids is 2. The monoisotopic (exact) mass is 482 g/mol. The van der Waals surface area contributed by atoms with Crippen molar-refractivity contribution in [3.05, 3.63) is 59.1 Å². The van der Waals surface area contributed by atoms with Crippen LogP contribution in [0.15, 0.2) is 42.5 Å². The third-order valence-electron chi connectivity index (χ3n) is 5.14. The molecule has 4 amide bonds. The number of urea groups is 2. The van der Waals surface area contributed by atoms with Crippen LogP contribution in [-0.2, 0) is 4.74 Å². The maximum Gasteiger partial charge on any atom is 0.319 e. The van der Waals surface area contributed by atoms with Crippen LogP contribution in [0.2, 0.25) is 5.02 Å². The van der Waals surface area contributed by atoms with E-state index in [4.69, 9.17) is 16.3 Å². The smallest absolute Gasteiger partial charge is 0.319 e. The largest absolute Gasteiger partial charge is 0.394 e. The first-order valence-corrected chi connectivity index (χ1v) is 10.8. The van der Waals surface area contributed by atoms with E-state index in [2.05, 4.69) is 21.3 Å². The maximum atomic E-state index is 13.7. The number of nitrogens with one attached hydrogen (secondary N) is 4. The molecule has 33 heavy (non-hydrogen) atoms. The van der Waals surface area contributed by atoms with Gasteiger partial charge in [0.15, 0.2) is 0 Å². The molecule has 2 aromatic carbocycles. The lowest BCUT2D eigenvalue weighted by atomic mass is 9.97. The lowest BCUT2D eigenvalue weighted by Gasteiger charge is -2.36. The fraction of sp³-hybridized carbons (Fsp3) is 0.364. The second-order valence-electron chi connectivity index (χ2n) is 7.56. The Morgan fingerprint density at radius 2 is 1.82 bits per heavy atom. The molecule has 0 unspecified atom stereocenters. The van der Waals surface area contributed by atoms with Gasteiger partial charge in [-0.3, -0.25) is 0 Å². The van der Waals surface area contributed by atoms with E-state index in [9.17, 15) is 23.5 Å². The van der Waals surface area contributed by atoms with Crippen LogP contribution in [0.4, 0.5) is 29.7 Å². The van der Waals surface area contributed by atoms with Gasteiger partial charge < -0.3 is 31.1 Å². The summed E-state index contributed by atoms with van der Waals surface area (Å²) in [4.78, 5) is 24.2. The quantitative estimate of drug-likeness (QED) is 0.412. The molecule has 3 atom stereocenters. The fourth-order valence-corrected chi connectivity index (χ4v) is 3.61. The predicted octanol–water partition coefficient (Wildman–Crippen LogP) is 3.86. The van der Waals surface area contributed by atoms with Gasteiger partial charge in [-0.05, 0) is 55.7 Å². The Balaban J connectivity index is 1.41. The van der Waals surface area contributed by atoms with E-state index in [-0.39, 0.29) is 24.4 Å². The summed E-state index contributed by atoms with van der Waals surface area (Å²) in [6, 6.07) is 7.84. The number of anilines is 2. The highest BCUT2D eigenvalue weighted by molar-refractivity contribution is 6.30. The second kappa shape index (κ2) is 11.8.